The molecule has 0 aliphatic carbocycles. The van der Waals surface area contributed by atoms with Gasteiger partial charge in [0.25, 0.3) is 5.91 Å². The molecule has 0 saturated heterocycles. The standard InChI is InChI=1S/C21H21ClN2O5/c1-2-23-21(27)24-19(25)18(13-6-4-3-5-7-13)29-20(26)15-10-14-11-16(22)8-9-17(14)28-12-15/h3-9,11,15,18H,2,10,12H2,1H3,(H2,23,24,25,27)/t15-,18-/m0/s1. The van der Waals surface area contributed by atoms with Gasteiger partial charge in [0.1, 0.15) is 12.4 Å². The summed E-state index contributed by atoms with van der Waals surface area (Å²) in [5.74, 6) is -1.23. The van der Waals surface area contributed by atoms with Crippen molar-refractivity contribution in [2.75, 3.05) is 13.2 Å². The number of halogens is 1. The molecule has 1 aliphatic rings. The molecule has 0 bridgehead atoms. The second-order valence-electron chi connectivity index (χ2n) is 6.54. The van der Waals surface area contributed by atoms with Crippen molar-refractivity contribution < 1.29 is 23.9 Å². The lowest BCUT2D eigenvalue weighted by Crippen LogP contribution is -2.43. The van der Waals surface area contributed by atoms with Gasteiger partial charge in [-0.2, -0.15) is 0 Å². The van der Waals surface area contributed by atoms with Crippen molar-refractivity contribution in [3.05, 3.63) is 64.7 Å². The summed E-state index contributed by atoms with van der Waals surface area (Å²) in [5, 5.41) is 5.21. The number of nitrogens with one attached hydrogen (secondary N) is 2. The van der Waals surface area contributed by atoms with Crippen LogP contribution < -0.4 is 15.4 Å². The van der Waals surface area contributed by atoms with Crippen LogP contribution in [0, 0.1) is 5.92 Å². The fraction of sp³-hybridized carbons (Fsp3) is 0.286. The van der Waals surface area contributed by atoms with Gasteiger partial charge in [0.2, 0.25) is 6.10 Å². The van der Waals surface area contributed by atoms with Crippen molar-refractivity contribution in [2.45, 2.75) is 19.4 Å². The third kappa shape index (κ3) is 5.26. The van der Waals surface area contributed by atoms with Gasteiger partial charge < -0.3 is 14.8 Å². The van der Waals surface area contributed by atoms with Crippen LogP contribution in [-0.4, -0.2) is 31.1 Å². The monoisotopic (exact) mass is 416 g/mol. The van der Waals surface area contributed by atoms with Gasteiger partial charge in [0.05, 0.1) is 5.92 Å². The van der Waals surface area contributed by atoms with Crippen LogP contribution in [0.2, 0.25) is 5.02 Å². The molecule has 7 nitrogen and oxygen atoms in total. The first-order valence-electron chi connectivity index (χ1n) is 9.23. The molecule has 3 amide bonds. The Bertz CT molecular complexity index is 903. The molecular weight excluding hydrogens is 396 g/mol. The van der Waals surface area contributed by atoms with Crippen molar-refractivity contribution in [3.63, 3.8) is 0 Å². The third-order valence-corrected chi connectivity index (χ3v) is 4.65. The number of imide groups is 1. The van der Waals surface area contributed by atoms with E-state index in [4.69, 9.17) is 21.1 Å². The maximum atomic E-state index is 12.8. The molecule has 2 atom stereocenters. The van der Waals surface area contributed by atoms with Crippen LogP contribution in [0.3, 0.4) is 0 Å². The van der Waals surface area contributed by atoms with Gasteiger partial charge in [-0.25, -0.2) is 4.79 Å². The number of fused-ring (bicyclic) bond motifs is 1. The maximum absolute atomic E-state index is 12.8. The predicted octanol–water partition coefficient (Wildman–Crippen LogP) is 3.02. The molecular formula is C21H21ClN2O5. The van der Waals surface area contributed by atoms with Crippen LogP contribution in [0.15, 0.2) is 48.5 Å². The van der Waals surface area contributed by atoms with Gasteiger partial charge in [-0.15, -0.1) is 0 Å². The van der Waals surface area contributed by atoms with E-state index in [1.165, 1.54) is 0 Å². The minimum atomic E-state index is -1.26. The molecule has 0 aromatic heterocycles. The summed E-state index contributed by atoms with van der Waals surface area (Å²) >= 11 is 6.02. The Morgan fingerprint density at radius 3 is 2.69 bits per heavy atom. The molecule has 2 N–H and O–H groups in total. The Hall–Kier alpha value is -3.06. The summed E-state index contributed by atoms with van der Waals surface area (Å²) in [5.41, 5.74) is 1.26. The smallest absolute Gasteiger partial charge is 0.321 e. The molecule has 152 valence electrons. The Balaban J connectivity index is 1.74. The molecule has 1 heterocycles. The number of hydrogen-bond acceptors (Lipinski definition) is 5. The van der Waals surface area contributed by atoms with E-state index >= 15 is 0 Å². The third-order valence-electron chi connectivity index (χ3n) is 4.41. The number of amides is 3. The number of hydrogen-bond donors (Lipinski definition) is 2. The van der Waals surface area contributed by atoms with E-state index in [0.29, 0.717) is 29.3 Å². The Morgan fingerprint density at radius 2 is 1.97 bits per heavy atom. The predicted molar refractivity (Wildman–Crippen MR) is 107 cm³/mol. The van der Waals surface area contributed by atoms with E-state index in [1.807, 2.05) is 0 Å². The van der Waals surface area contributed by atoms with Crippen LogP contribution >= 0.6 is 11.6 Å². The lowest BCUT2D eigenvalue weighted by atomic mass is 9.96. The average Bonchev–Trinajstić information content (AvgIpc) is 2.71. The van der Waals surface area contributed by atoms with E-state index in [1.54, 1.807) is 55.5 Å². The second-order valence-corrected chi connectivity index (χ2v) is 6.98. The lowest BCUT2D eigenvalue weighted by molar-refractivity contribution is -0.161. The van der Waals surface area contributed by atoms with Gasteiger partial charge >= 0.3 is 12.0 Å². The number of benzene rings is 2. The molecule has 3 rings (SSSR count). The van der Waals surface area contributed by atoms with Crippen molar-refractivity contribution >= 4 is 29.5 Å². The molecule has 1 aliphatic heterocycles. The SMILES string of the molecule is CCNC(=O)NC(=O)[C@@H](OC(=O)[C@@H]1COc2ccc(Cl)cc2C1)c1ccccc1. The first kappa shape index (κ1) is 20.7. The highest BCUT2D eigenvalue weighted by Gasteiger charge is 2.33. The average molecular weight is 417 g/mol. The molecule has 0 unspecified atom stereocenters. The fourth-order valence-corrected chi connectivity index (χ4v) is 3.20. The molecule has 0 fully saturated rings. The van der Waals surface area contributed by atoms with Gasteiger partial charge in [-0.3, -0.25) is 14.9 Å². The van der Waals surface area contributed by atoms with Crippen LogP contribution in [0.1, 0.15) is 24.2 Å². The van der Waals surface area contributed by atoms with Crippen LogP contribution in [-0.2, 0) is 20.7 Å². The van der Waals surface area contributed by atoms with E-state index in [9.17, 15) is 14.4 Å². The summed E-state index contributed by atoms with van der Waals surface area (Å²) < 4.78 is 11.2. The number of ether oxygens (including phenoxy) is 2. The molecule has 8 heteroatoms. The lowest BCUT2D eigenvalue weighted by Gasteiger charge is -2.26. The molecule has 0 saturated carbocycles. The van der Waals surface area contributed by atoms with Crippen molar-refractivity contribution in [1.82, 2.24) is 10.6 Å². The van der Waals surface area contributed by atoms with Gasteiger partial charge in [0.15, 0.2) is 0 Å². The summed E-state index contributed by atoms with van der Waals surface area (Å²) in [4.78, 5) is 37.1. The first-order valence-corrected chi connectivity index (χ1v) is 9.61. The van der Waals surface area contributed by atoms with E-state index in [0.717, 1.165) is 5.56 Å². The highest BCUT2D eigenvalue weighted by molar-refractivity contribution is 6.30. The number of esters is 1. The van der Waals surface area contributed by atoms with Crippen LogP contribution in [0.4, 0.5) is 4.79 Å². The normalized spacial score (nSPS) is 16.0. The van der Waals surface area contributed by atoms with Crippen LogP contribution in [0.25, 0.3) is 0 Å². The number of rotatable bonds is 5. The van der Waals surface area contributed by atoms with E-state index in [-0.39, 0.29) is 6.61 Å². The van der Waals surface area contributed by atoms with Crippen molar-refractivity contribution in [3.8, 4) is 5.75 Å². The number of urea groups is 1. The largest absolute Gasteiger partial charge is 0.492 e. The van der Waals surface area contributed by atoms with E-state index in [2.05, 4.69) is 10.6 Å². The Labute approximate surface area is 173 Å². The van der Waals surface area contributed by atoms with Gasteiger partial charge in [-0.05, 0) is 37.1 Å². The fourth-order valence-electron chi connectivity index (χ4n) is 3.01. The summed E-state index contributed by atoms with van der Waals surface area (Å²) in [6.07, 6.45) is -0.874. The maximum Gasteiger partial charge on any atom is 0.321 e. The first-order chi connectivity index (χ1) is 14.0. The number of carbonyl (C=O) groups is 3. The van der Waals surface area contributed by atoms with Gasteiger partial charge in [0, 0.05) is 17.1 Å². The molecule has 0 spiro atoms. The minimum absolute atomic E-state index is 0.132. The Kier molecular flexibility index (Phi) is 6.72. The molecule has 2 aromatic carbocycles. The van der Waals surface area contributed by atoms with Crippen molar-refractivity contribution in [1.29, 1.82) is 0 Å². The zero-order chi connectivity index (χ0) is 20.8. The van der Waals surface area contributed by atoms with E-state index < -0.39 is 29.9 Å². The number of carbonyl (C=O) groups excluding carboxylic acids is 3. The summed E-state index contributed by atoms with van der Waals surface area (Å²) in [7, 11) is 0. The zero-order valence-corrected chi connectivity index (χ0v) is 16.6. The molecule has 2 aromatic rings. The Morgan fingerprint density at radius 1 is 1.21 bits per heavy atom. The molecule has 29 heavy (non-hydrogen) atoms. The summed E-state index contributed by atoms with van der Waals surface area (Å²) in [6, 6.07) is 13.1. The highest BCUT2D eigenvalue weighted by Crippen LogP contribution is 2.31. The highest BCUT2D eigenvalue weighted by atomic mass is 35.5. The summed E-state index contributed by atoms with van der Waals surface area (Å²) in [6.45, 7) is 2.22. The second kappa shape index (κ2) is 9.43. The quantitative estimate of drug-likeness (QED) is 0.731. The molecule has 0 radical (unpaired) electrons. The van der Waals surface area contributed by atoms with Crippen molar-refractivity contribution in [2.24, 2.45) is 5.92 Å². The van der Waals surface area contributed by atoms with Crippen LogP contribution in [0.5, 0.6) is 5.75 Å². The zero-order valence-electron chi connectivity index (χ0n) is 15.8. The van der Waals surface area contributed by atoms with Gasteiger partial charge in [-0.1, -0.05) is 41.9 Å². The minimum Gasteiger partial charge on any atom is -0.492 e. The topological polar surface area (TPSA) is 93.7 Å².